The number of pyridine rings is 1. The van der Waals surface area contributed by atoms with Gasteiger partial charge in [0.1, 0.15) is 0 Å². The van der Waals surface area contributed by atoms with Crippen molar-refractivity contribution in [3.8, 4) is 0 Å². The molecule has 0 aliphatic rings. The predicted molar refractivity (Wildman–Crippen MR) is 64.1 cm³/mol. The van der Waals surface area contributed by atoms with E-state index in [-0.39, 0.29) is 11.3 Å². The fraction of sp³-hybridized carbons (Fsp3) is 0.500. The van der Waals surface area contributed by atoms with Gasteiger partial charge >= 0.3 is 0 Å². The number of aromatic nitrogens is 1. The summed E-state index contributed by atoms with van der Waals surface area (Å²) < 4.78 is 26.5. The van der Waals surface area contributed by atoms with Gasteiger partial charge in [0, 0.05) is 18.8 Å². The van der Waals surface area contributed by atoms with Crippen LogP contribution >= 0.6 is 0 Å². The molecule has 1 rings (SSSR count). The van der Waals surface area contributed by atoms with Gasteiger partial charge in [0.25, 0.3) is 5.56 Å². The lowest BCUT2D eigenvalue weighted by Gasteiger charge is -2.08. The average Bonchev–Trinajstić information content (AvgIpc) is 2.23. The third kappa shape index (κ3) is 3.37. The van der Waals surface area contributed by atoms with E-state index < -0.39 is 10.0 Å². The summed E-state index contributed by atoms with van der Waals surface area (Å²) in [6.45, 7) is 4.10. The minimum absolute atomic E-state index is 0.0138. The standard InChI is InChI=1S/C10H16N2O3S/c1-3-7-12-8-9(5-6-10(12)13)11-16(14,15)4-2/h5-6,8,11H,3-4,7H2,1-2H3. The molecule has 16 heavy (non-hydrogen) atoms. The molecule has 6 heteroatoms. The van der Waals surface area contributed by atoms with E-state index in [9.17, 15) is 13.2 Å². The second kappa shape index (κ2) is 5.16. The summed E-state index contributed by atoms with van der Waals surface area (Å²) >= 11 is 0. The molecule has 0 saturated heterocycles. The number of rotatable bonds is 5. The van der Waals surface area contributed by atoms with E-state index in [1.807, 2.05) is 6.92 Å². The molecule has 0 amide bonds. The van der Waals surface area contributed by atoms with E-state index in [1.54, 1.807) is 6.92 Å². The maximum absolute atomic E-state index is 11.4. The van der Waals surface area contributed by atoms with Crippen molar-refractivity contribution in [1.82, 2.24) is 4.57 Å². The van der Waals surface area contributed by atoms with Crippen LogP contribution in [0.5, 0.6) is 0 Å². The molecule has 0 bridgehead atoms. The van der Waals surface area contributed by atoms with E-state index >= 15 is 0 Å². The minimum Gasteiger partial charge on any atom is -0.313 e. The molecule has 5 nitrogen and oxygen atoms in total. The lowest BCUT2D eigenvalue weighted by molar-refractivity contribution is 0.602. The molecule has 0 radical (unpaired) electrons. The van der Waals surface area contributed by atoms with Crippen molar-refractivity contribution in [2.75, 3.05) is 10.5 Å². The van der Waals surface area contributed by atoms with E-state index in [0.29, 0.717) is 12.2 Å². The third-order valence-corrected chi connectivity index (χ3v) is 3.41. The summed E-state index contributed by atoms with van der Waals surface area (Å²) in [6.07, 6.45) is 2.35. The molecule has 1 heterocycles. The van der Waals surface area contributed by atoms with Crippen molar-refractivity contribution in [3.05, 3.63) is 28.7 Å². The molecule has 0 aliphatic carbocycles. The molecule has 0 aliphatic heterocycles. The Balaban J connectivity index is 3.00. The number of hydrogen-bond donors (Lipinski definition) is 1. The number of anilines is 1. The van der Waals surface area contributed by atoms with E-state index in [2.05, 4.69) is 4.72 Å². The van der Waals surface area contributed by atoms with Crippen molar-refractivity contribution in [2.24, 2.45) is 0 Å². The Bertz CT molecular complexity index is 505. The van der Waals surface area contributed by atoms with Gasteiger partial charge < -0.3 is 4.57 Å². The first-order valence-electron chi connectivity index (χ1n) is 5.19. The van der Waals surface area contributed by atoms with Crippen molar-refractivity contribution in [1.29, 1.82) is 0 Å². The molecular weight excluding hydrogens is 228 g/mol. The Morgan fingerprint density at radius 1 is 1.31 bits per heavy atom. The van der Waals surface area contributed by atoms with Crippen molar-refractivity contribution < 1.29 is 8.42 Å². The molecule has 1 N–H and O–H groups in total. The number of nitrogens with one attached hydrogen (secondary N) is 1. The molecular formula is C10H16N2O3S. The summed E-state index contributed by atoms with van der Waals surface area (Å²) in [6, 6.07) is 2.84. The highest BCUT2D eigenvalue weighted by atomic mass is 32.2. The molecule has 0 atom stereocenters. The predicted octanol–water partition coefficient (Wildman–Crippen LogP) is 1.02. The lowest BCUT2D eigenvalue weighted by Crippen LogP contribution is -2.21. The Kier molecular flexibility index (Phi) is 4.12. The van der Waals surface area contributed by atoms with Gasteiger partial charge in [-0.3, -0.25) is 9.52 Å². The van der Waals surface area contributed by atoms with Crippen LogP contribution in [0.1, 0.15) is 20.3 Å². The Labute approximate surface area is 95.2 Å². The van der Waals surface area contributed by atoms with Crippen molar-refractivity contribution in [2.45, 2.75) is 26.8 Å². The van der Waals surface area contributed by atoms with Gasteiger partial charge in [-0.25, -0.2) is 8.42 Å². The van der Waals surface area contributed by atoms with Crippen LogP contribution in [0.3, 0.4) is 0 Å². The van der Waals surface area contributed by atoms with Gasteiger partial charge in [-0.15, -0.1) is 0 Å². The number of hydrogen-bond acceptors (Lipinski definition) is 3. The topological polar surface area (TPSA) is 68.2 Å². The third-order valence-electron chi connectivity index (χ3n) is 2.10. The van der Waals surface area contributed by atoms with Crippen LogP contribution < -0.4 is 10.3 Å². The molecule has 0 aromatic carbocycles. The Morgan fingerprint density at radius 2 is 2.00 bits per heavy atom. The van der Waals surface area contributed by atoms with Crippen LogP contribution in [0.4, 0.5) is 5.69 Å². The van der Waals surface area contributed by atoms with Crippen molar-refractivity contribution >= 4 is 15.7 Å². The highest BCUT2D eigenvalue weighted by Crippen LogP contribution is 2.06. The van der Waals surface area contributed by atoms with Gasteiger partial charge in [0.15, 0.2) is 0 Å². The summed E-state index contributed by atoms with van der Waals surface area (Å²) in [5.74, 6) is 0.0138. The van der Waals surface area contributed by atoms with Crippen molar-refractivity contribution in [3.63, 3.8) is 0 Å². The van der Waals surface area contributed by atoms with Crippen LogP contribution in [-0.2, 0) is 16.6 Å². The SMILES string of the molecule is CCCn1cc(NS(=O)(=O)CC)ccc1=O. The number of nitrogens with zero attached hydrogens (tertiary/aromatic N) is 1. The lowest BCUT2D eigenvalue weighted by atomic mass is 10.4. The number of sulfonamides is 1. The quantitative estimate of drug-likeness (QED) is 0.840. The molecule has 1 aromatic rings. The average molecular weight is 244 g/mol. The fourth-order valence-corrected chi connectivity index (χ4v) is 1.88. The molecule has 90 valence electrons. The molecule has 0 unspecified atom stereocenters. The van der Waals surface area contributed by atoms with Crippen LogP contribution in [0, 0.1) is 0 Å². The van der Waals surface area contributed by atoms with E-state index in [0.717, 1.165) is 6.42 Å². The second-order valence-electron chi connectivity index (χ2n) is 3.45. The summed E-state index contributed by atoms with van der Waals surface area (Å²) in [4.78, 5) is 11.4. The first-order valence-corrected chi connectivity index (χ1v) is 6.84. The molecule has 0 fully saturated rings. The van der Waals surface area contributed by atoms with Crippen LogP contribution in [-0.4, -0.2) is 18.7 Å². The maximum Gasteiger partial charge on any atom is 0.250 e. The maximum atomic E-state index is 11.4. The highest BCUT2D eigenvalue weighted by molar-refractivity contribution is 7.92. The first kappa shape index (κ1) is 12.8. The fourth-order valence-electron chi connectivity index (χ4n) is 1.26. The first-order chi connectivity index (χ1) is 7.48. The van der Waals surface area contributed by atoms with Crippen LogP contribution in [0.15, 0.2) is 23.1 Å². The van der Waals surface area contributed by atoms with Crippen LogP contribution in [0.25, 0.3) is 0 Å². The monoisotopic (exact) mass is 244 g/mol. The number of aryl methyl sites for hydroxylation is 1. The summed E-state index contributed by atoms with van der Waals surface area (Å²) in [5.41, 5.74) is 0.302. The Morgan fingerprint density at radius 3 is 2.56 bits per heavy atom. The van der Waals surface area contributed by atoms with E-state index in [1.165, 1.54) is 22.9 Å². The van der Waals surface area contributed by atoms with E-state index in [4.69, 9.17) is 0 Å². The van der Waals surface area contributed by atoms with Gasteiger partial charge in [0.2, 0.25) is 10.0 Å². The molecule has 1 aromatic heterocycles. The largest absolute Gasteiger partial charge is 0.313 e. The normalized spacial score (nSPS) is 11.4. The zero-order valence-electron chi connectivity index (χ0n) is 9.43. The van der Waals surface area contributed by atoms with Gasteiger partial charge in [-0.2, -0.15) is 0 Å². The zero-order chi connectivity index (χ0) is 12.2. The summed E-state index contributed by atoms with van der Waals surface area (Å²) in [5, 5.41) is 0. The second-order valence-corrected chi connectivity index (χ2v) is 5.47. The van der Waals surface area contributed by atoms with Gasteiger partial charge in [0.05, 0.1) is 11.4 Å². The Hall–Kier alpha value is -1.30. The zero-order valence-corrected chi connectivity index (χ0v) is 10.3. The van der Waals surface area contributed by atoms with Gasteiger partial charge in [-0.1, -0.05) is 6.92 Å². The highest BCUT2D eigenvalue weighted by Gasteiger charge is 2.07. The summed E-state index contributed by atoms with van der Waals surface area (Å²) in [7, 11) is -3.28. The van der Waals surface area contributed by atoms with Crippen LogP contribution in [0.2, 0.25) is 0 Å². The smallest absolute Gasteiger partial charge is 0.250 e. The molecule has 0 saturated carbocycles. The minimum atomic E-state index is -3.28. The molecule has 0 spiro atoms. The van der Waals surface area contributed by atoms with Gasteiger partial charge in [-0.05, 0) is 19.4 Å².